The summed E-state index contributed by atoms with van der Waals surface area (Å²) in [5, 5.41) is 2.34. The summed E-state index contributed by atoms with van der Waals surface area (Å²) >= 11 is 0. The van der Waals surface area contributed by atoms with Crippen molar-refractivity contribution in [3.05, 3.63) is 30.3 Å². The van der Waals surface area contributed by atoms with Crippen LogP contribution in [0.3, 0.4) is 0 Å². The van der Waals surface area contributed by atoms with E-state index in [1.807, 2.05) is 0 Å². The topological polar surface area (TPSA) is 98.8 Å². The van der Waals surface area contributed by atoms with Gasteiger partial charge in [-0.1, -0.05) is 18.2 Å². The number of hydrogen-bond acceptors (Lipinski definition) is 7. The number of anilines is 1. The van der Waals surface area contributed by atoms with Crippen LogP contribution in [-0.2, 0) is 28.6 Å². The van der Waals surface area contributed by atoms with Crippen LogP contribution in [0.2, 0.25) is 0 Å². The van der Waals surface area contributed by atoms with Crippen LogP contribution < -0.4 is 5.32 Å². The number of nitrogens with one attached hydrogen (secondary N) is 1. The summed E-state index contributed by atoms with van der Waals surface area (Å²) in [5.74, 6) is 0. The molecule has 0 saturated heterocycles. The van der Waals surface area contributed by atoms with Crippen LogP contribution in [0, 0.1) is 0 Å². The highest BCUT2D eigenvalue weighted by atomic mass is 32.3. The van der Waals surface area contributed by atoms with E-state index in [1.54, 1.807) is 18.2 Å². The smallest absolute Gasteiger partial charge is 0.306 e. The van der Waals surface area contributed by atoms with Crippen molar-refractivity contribution in [3.8, 4) is 0 Å². The molecular formula is C9H13NO6S2. The minimum Gasteiger partial charge on any atom is -0.353 e. The van der Waals surface area contributed by atoms with E-state index in [0.717, 1.165) is 14.2 Å². The molecule has 0 bridgehead atoms. The maximum Gasteiger partial charge on any atom is 0.306 e. The molecule has 0 unspecified atom stereocenters. The summed E-state index contributed by atoms with van der Waals surface area (Å²) < 4.78 is 52.7. The standard InChI is InChI=1S/C9H13NO6S2/c1-15-17(11,12)9(18(13,14)16-2)10-8-6-4-3-5-7-8/h3-7,9-10H,1-2H3. The largest absolute Gasteiger partial charge is 0.353 e. The van der Waals surface area contributed by atoms with Gasteiger partial charge in [-0.15, -0.1) is 0 Å². The van der Waals surface area contributed by atoms with Crippen LogP contribution in [0.25, 0.3) is 0 Å². The normalized spacial score (nSPS) is 12.6. The first-order valence-corrected chi connectivity index (χ1v) is 7.68. The predicted molar refractivity (Wildman–Crippen MR) is 65.7 cm³/mol. The second kappa shape index (κ2) is 5.65. The molecule has 0 fully saturated rings. The Labute approximate surface area is 106 Å². The maximum atomic E-state index is 11.6. The monoisotopic (exact) mass is 295 g/mol. The zero-order valence-corrected chi connectivity index (χ0v) is 11.4. The third-order valence-corrected chi connectivity index (χ3v) is 5.68. The molecule has 0 atom stereocenters. The molecule has 0 heterocycles. The van der Waals surface area contributed by atoms with Gasteiger partial charge < -0.3 is 5.32 Å². The molecule has 1 N–H and O–H groups in total. The van der Waals surface area contributed by atoms with Crippen LogP contribution in [0.5, 0.6) is 0 Å². The summed E-state index contributed by atoms with van der Waals surface area (Å²) in [7, 11) is -6.95. The predicted octanol–water partition coefficient (Wildman–Crippen LogP) is 0.334. The lowest BCUT2D eigenvalue weighted by Gasteiger charge is -2.17. The van der Waals surface area contributed by atoms with Crippen LogP contribution in [-0.4, -0.2) is 35.8 Å². The quantitative estimate of drug-likeness (QED) is 0.755. The van der Waals surface area contributed by atoms with Gasteiger partial charge in [0.1, 0.15) is 0 Å². The molecule has 0 amide bonds. The lowest BCUT2D eigenvalue weighted by atomic mass is 10.3. The molecule has 18 heavy (non-hydrogen) atoms. The third-order valence-electron chi connectivity index (χ3n) is 2.05. The first-order valence-electron chi connectivity index (χ1n) is 4.74. The van der Waals surface area contributed by atoms with Crippen molar-refractivity contribution in [2.75, 3.05) is 19.5 Å². The van der Waals surface area contributed by atoms with Crippen LogP contribution in [0.1, 0.15) is 0 Å². The lowest BCUT2D eigenvalue weighted by molar-refractivity contribution is 0.378. The lowest BCUT2D eigenvalue weighted by Crippen LogP contribution is -2.38. The molecule has 9 heteroatoms. The van der Waals surface area contributed by atoms with Crippen LogP contribution >= 0.6 is 0 Å². The van der Waals surface area contributed by atoms with Crippen LogP contribution in [0.15, 0.2) is 30.3 Å². The average molecular weight is 295 g/mol. The Bertz CT molecular complexity index is 547. The Kier molecular flexibility index (Phi) is 4.68. The minimum atomic E-state index is -4.35. The van der Waals surface area contributed by atoms with Crippen molar-refractivity contribution >= 4 is 25.9 Å². The van der Waals surface area contributed by atoms with Crippen molar-refractivity contribution in [2.24, 2.45) is 0 Å². The van der Waals surface area contributed by atoms with Crippen molar-refractivity contribution < 1.29 is 25.2 Å². The molecule has 1 rings (SSSR count). The Morgan fingerprint density at radius 3 is 1.78 bits per heavy atom. The number of rotatable bonds is 6. The van der Waals surface area contributed by atoms with E-state index in [4.69, 9.17) is 0 Å². The highest BCUT2D eigenvalue weighted by Crippen LogP contribution is 2.17. The number of benzene rings is 1. The Morgan fingerprint density at radius 1 is 0.944 bits per heavy atom. The zero-order chi connectivity index (χ0) is 13.8. The molecule has 0 spiro atoms. The number of hydrogen-bond donors (Lipinski definition) is 1. The second-order valence-electron chi connectivity index (χ2n) is 3.16. The Morgan fingerprint density at radius 2 is 1.39 bits per heavy atom. The maximum absolute atomic E-state index is 11.6. The van der Waals surface area contributed by atoms with E-state index < -0.39 is 24.9 Å². The fraction of sp³-hybridized carbons (Fsp3) is 0.333. The van der Waals surface area contributed by atoms with Gasteiger partial charge in [-0.05, 0) is 12.1 Å². The highest BCUT2D eigenvalue weighted by Gasteiger charge is 2.38. The molecule has 102 valence electrons. The van der Waals surface area contributed by atoms with Crippen LogP contribution in [0.4, 0.5) is 5.69 Å². The molecule has 7 nitrogen and oxygen atoms in total. The van der Waals surface area contributed by atoms with Gasteiger partial charge in [-0.3, -0.25) is 8.37 Å². The van der Waals surface area contributed by atoms with Gasteiger partial charge in [0.25, 0.3) is 4.71 Å². The third kappa shape index (κ3) is 3.42. The Balaban J connectivity index is 3.16. The van der Waals surface area contributed by atoms with Crippen molar-refractivity contribution in [2.45, 2.75) is 4.71 Å². The van der Waals surface area contributed by atoms with Gasteiger partial charge >= 0.3 is 20.2 Å². The van der Waals surface area contributed by atoms with Gasteiger partial charge in [0, 0.05) is 5.69 Å². The van der Waals surface area contributed by atoms with E-state index in [-0.39, 0.29) is 0 Å². The summed E-state index contributed by atoms with van der Waals surface area (Å²) in [4.78, 5) is 0. The molecule has 0 aromatic heterocycles. The second-order valence-corrected chi connectivity index (χ2v) is 7.04. The molecule has 0 saturated carbocycles. The Hall–Kier alpha value is -1.16. The fourth-order valence-electron chi connectivity index (χ4n) is 1.13. The van der Waals surface area contributed by atoms with Gasteiger partial charge in [0.05, 0.1) is 14.2 Å². The zero-order valence-electron chi connectivity index (χ0n) is 9.73. The first-order chi connectivity index (χ1) is 8.33. The van der Waals surface area contributed by atoms with Gasteiger partial charge in [0.15, 0.2) is 0 Å². The average Bonchev–Trinajstić information content (AvgIpc) is 2.37. The van der Waals surface area contributed by atoms with Gasteiger partial charge in [0.2, 0.25) is 0 Å². The first kappa shape index (κ1) is 14.9. The molecule has 1 aromatic rings. The minimum absolute atomic E-state index is 0.309. The summed E-state index contributed by atoms with van der Waals surface area (Å²) in [6.45, 7) is 0. The molecule has 1 aromatic carbocycles. The van der Waals surface area contributed by atoms with E-state index >= 15 is 0 Å². The van der Waals surface area contributed by atoms with E-state index in [2.05, 4.69) is 13.7 Å². The van der Waals surface area contributed by atoms with Crippen molar-refractivity contribution in [3.63, 3.8) is 0 Å². The molecule has 0 aliphatic heterocycles. The van der Waals surface area contributed by atoms with E-state index in [0.29, 0.717) is 5.69 Å². The SMILES string of the molecule is COS(=O)(=O)C(Nc1ccccc1)S(=O)(=O)OC. The molecule has 0 aliphatic carbocycles. The van der Waals surface area contributed by atoms with Crippen molar-refractivity contribution in [1.29, 1.82) is 0 Å². The highest BCUT2D eigenvalue weighted by molar-refractivity contribution is 8.04. The molecule has 0 aliphatic rings. The number of para-hydroxylation sites is 1. The van der Waals surface area contributed by atoms with Crippen molar-refractivity contribution in [1.82, 2.24) is 0 Å². The molecular weight excluding hydrogens is 282 g/mol. The van der Waals surface area contributed by atoms with E-state index in [9.17, 15) is 16.8 Å². The molecule has 0 radical (unpaired) electrons. The van der Waals surface area contributed by atoms with Gasteiger partial charge in [-0.25, -0.2) is 0 Å². The summed E-state index contributed by atoms with van der Waals surface area (Å²) in [6.07, 6.45) is 0. The summed E-state index contributed by atoms with van der Waals surface area (Å²) in [6, 6.07) is 7.99. The van der Waals surface area contributed by atoms with Gasteiger partial charge in [-0.2, -0.15) is 16.8 Å². The van der Waals surface area contributed by atoms with E-state index in [1.165, 1.54) is 12.1 Å². The summed E-state index contributed by atoms with van der Waals surface area (Å²) in [5.41, 5.74) is 0.309. The fourth-order valence-corrected chi connectivity index (χ4v) is 3.67.